The van der Waals surface area contributed by atoms with Gasteiger partial charge in [0.2, 0.25) is 5.91 Å². The highest BCUT2D eigenvalue weighted by atomic mass is 32.2. The van der Waals surface area contributed by atoms with E-state index in [1.807, 2.05) is 30.3 Å². The first-order chi connectivity index (χ1) is 15.9. The molecule has 2 amide bonds. The second-order valence-corrected chi connectivity index (χ2v) is 8.59. The number of aliphatic carboxylic acids is 2. The molecular formula is C21H20F3N3O6S. The Morgan fingerprint density at radius 1 is 1.15 bits per heavy atom. The summed E-state index contributed by atoms with van der Waals surface area (Å²) in [6.07, 6.45) is -2.05. The summed E-state index contributed by atoms with van der Waals surface area (Å²) in [6.45, 7) is 0.626. The van der Waals surface area contributed by atoms with Crippen LogP contribution in [-0.4, -0.2) is 68.8 Å². The average Bonchev–Trinajstić information content (AvgIpc) is 2.79. The number of hydrogen-bond acceptors (Lipinski definition) is 6. The largest absolute Gasteiger partial charge is 0.490 e. The molecule has 2 fully saturated rings. The van der Waals surface area contributed by atoms with Crippen molar-refractivity contribution in [3.63, 3.8) is 0 Å². The van der Waals surface area contributed by atoms with E-state index in [0.717, 1.165) is 12.1 Å². The first-order valence-electron chi connectivity index (χ1n) is 9.97. The number of carboxylic acid groups (broad SMARTS) is 2. The minimum atomic E-state index is -5.08. The van der Waals surface area contributed by atoms with Gasteiger partial charge in [-0.15, -0.1) is 11.8 Å². The number of rotatable bonds is 3. The Labute approximate surface area is 195 Å². The second kappa shape index (κ2) is 9.89. The number of carbonyl (C=O) groups excluding carboxylic acids is 2. The van der Waals surface area contributed by atoms with Crippen LogP contribution in [0.4, 0.5) is 18.9 Å². The van der Waals surface area contributed by atoms with Crippen molar-refractivity contribution in [1.82, 2.24) is 4.90 Å². The number of hydrogen-bond donors (Lipinski definition) is 3. The number of carboxylic acids is 2. The topological polar surface area (TPSA) is 141 Å². The van der Waals surface area contributed by atoms with Crippen LogP contribution in [0, 0.1) is 0 Å². The molecule has 0 unspecified atom stereocenters. The van der Waals surface area contributed by atoms with E-state index in [0.29, 0.717) is 29.9 Å². The Kier molecular flexibility index (Phi) is 7.36. The Bertz CT molecular complexity index is 1070. The van der Waals surface area contributed by atoms with E-state index in [4.69, 9.17) is 15.6 Å². The minimum Gasteiger partial charge on any atom is -0.477 e. The van der Waals surface area contributed by atoms with E-state index < -0.39 is 24.2 Å². The molecule has 3 aliphatic heterocycles. The number of thioether (sulfide) groups is 1. The molecule has 182 valence electrons. The van der Waals surface area contributed by atoms with Gasteiger partial charge in [-0.05, 0) is 36.6 Å². The number of β-lactam (4-membered cyclic amide) rings is 1. The summed E-state index contributed by atoms with van der Waals surface area (Å²) >= 11 is 1.43. The molecule has 9 nitrogen and oxygen atoms in total. The third kappa shape index (κ3) is 5.09. The number of para-hydroxylation sites is 1. The van der Waals surface area contributed by atoms with Crippen molar-refractivity contribution in [2.24, 2.45) is 5.73 Å². The predicted octanol–water partition coefficient (Wildman–Crippen LogP) is 1.95. The van der Waals surface area contributed by atoms with Crippen molar-refractivity contribution in [3.05, 3.63) is 53.3 Å². The normalized spacial score (nSPS) is 23.7. The number of benzene rings is 1. The molecule has 0 aliphatic carbocycles. The zero-order chi connectivity index (χ0) is 25.2. The molecule has 1 aromatic rings. The molecule has 0 saturated carbocycles. The smallest absolute Gasteiger partial charge is 0.477 e. The maximum absolute atomic E-state index is 12.9. The van der Waals surface area contributed by atoms with Crippen molar-refractivity contribution in [2.75, 3.05) is 17.2 Å². The van der Waals surface area contributed by atoms with Gasteiger partial charge >= 0.3 is 18.1 Å². The molecule has 13 heteroatoms. The van der Waals surface area contributed by atoms with E-state index in [1.165, 1.54) is 16.7 Å². The fourth-order valence-corrected chi connectivity index (χ4v) is 4.91. The quantitative estimate of drug-likeness (QED) is 0.423. The summed E-state index contributed by atoms with van der Waals surface area (Å²) in [5, 5.41) is 16.4. The number of alkyl halides is 3. The van der Waals surface area contributed by atoms with Crippen molar-refractivity contribution in [1.29, 1.82) is 0 Å². The molecule has 2 saturated heterocycles. The first-order valence-corrected chi connectivity index (χ1v) is 11.0. The van der Waals surface area contributed by atoms with Gasteiger partial charge in [-0.3, -0.25) is 14.5 Å². The lowest BCUT2D eigenvalue weighted by Gasteiger charge is -2.47. The summed E-state index contributed by atoms with van der Waals surface area (Å²) < 4.78 is 31.7. The van der Waals surface area contributed by atoms with E-state index in [9.17, 15) is 32.7 Å². The molecular weight excluding hydrogens is 479 g/mol. The summed E-state index contributed by atoms with van der Waals surface area (Å²) in [5.74, 6) is -4.03. The molecule has 2 atom stereocenters. The van der Waals surface area contributed by atoms with Gasteiger partial charge in [-0.1, -0.05) is 18.2 Å². The Morgan fingerprint density at radius 3 is 2.32 bits per heavy atom. The van der Waals surface area contributed by atoms with Gasteiger partial charge in [0.15, 0.2) is 0 Å². The van der Waals surface area contributed by atoms with Gasteiger partial charge in [0.05, 0.1) is 0 Å². The van der Waals surface area contributed by atoms with Crippen LogP contribution in [0.15, 0.2) is 53.3 Å². The first kappa shape index (κ1) is 25.3. The fraction of sp³-hybridized carbons (Fsp3) is 0.333. The number of halogens is 3. The minimum absolute atomic E-state index is 0.0532. The Balaban J connectivity index is 0.000000406. The van der Waals surface area contributed by atoms with Crippen LogP contribution in [0.5, 0.6) is 0 Å². The Morgan fingerprint density at radius 2 is 1.76 bits per heavy atom. The maximum Gasteiger partial charge on any atom is 0.490 e. The SMILES string of the molecule is N[C@@H]1C(=O)N2C(C(=O)O)=C(C=C3CCCN(c4ccccc4)C3=O)CS[C@H]12.O=C(O)C(F)(F)F. The summed E-state index contributed by atoms with van der Waals surface area (Å²) in [5.41, 5.74) is 7.59. The standard InChI is InChI=1S/C19H19N3O4S.C2HF3O2/c20-14-17(24)22-15(19(25)26)12(10-27-18(14)22)9-11-5-4-8-21(16(11)23)13-6-2-1-3-7-13;3-2(4,5)1(6)7/h1-3,6-7,9,14,18H,4-5,8,10,20H2,(H,25,26);(H,6,7)/t14-,18-;/m1./s1. The van der Waals surface area contributed by atoms with E-state index in [-0.39, 0.29) is 22.9 Å². The predicted molar refractivity (Wildman–Crippen MR) is 116 cm³/mol. The van der Waals surface area contributed by atoms with E-state index in [2.05, 4.69) is 0 Å². The number of fused-ring (bicyclic) bond motifs is 1. The van der Waals surface area contributed by atoms with Crippen LogP contribution in [0.1, 0.15) is 12.8 Å². The van der Waals surface area contributed by atoms with Crippen molar-refractivity contribution >= 4 is 41.2 Å². The second-order valence-electron chi connectivity index (χ2n) is 7.48. The maximum atomic E-state index is 12.9. The molecule has 0 aromatic heterocycles. The van der Waals surface area contributed by atoms with Gasteiger partial charge in [0.25, 0.3) is 5.91 Å². The Hall–Kier alpha value is -3.32. The molecule has 3 aliphatic rings. The highest BCUT2D eigenvalue weighted by Gasteiger charge is 2.51. The third-order valence-corrected chi connectivity index (χ3v) is 6.57. The summed E-state index contributed by atoms with van der Waals surface area (Å²) in [4.78, 5) is 48.6. The molecule has 1 aromatic carbocycles. The number of anilines is 1. The molecule has 3 heterocycles. The van der Waals surface area contributed by atoms with Crippen LogP contribution in [0.25, 0.3) is 0 Å². The van der Waals surface area contributed by atoms with Crippen LogP contribution < -0.4 is 10.6 Å². The van der Waals surface area contributed by atoms with Gasteiger partial charge in [0, 0.05) is 23.6 Å². The third-order valence-electron chi connectivity index (χ3n) is 5.25. The van der Waals surface area contributed by atoms with Gasteiger partial charge in [0.1, 0.15) is 17.1 Å². The van der Waals surface area contributed by atoms with Crippen LogP contribution in [0.2, 0.25) is 0 Å². The number of allylic oxidation sites excluding steroid dienone is 1. The van der Waals surface area contributed by atoms with Crippen LogP contribution in [-0.2, 0) is 19.2 Å². The number of piperidine rings is 1. The van der Waals surface area contributed by atoms with Crippen molar-refractivity contribution in [2.45, 2.75) is 30.4 Å². The van der Waals surface area contributed by atoms with Gasteiger partial charge in [-0.2, -0.15) is 13.2 Å². The monoisotopic (exact) mass is 499 g/mol. The zero-order valence-corrected chi connectivity index (χ0v) is 18.3. The molecule has 0 radical (unpaired) electrons. The highest BCUT2D eigenvalue weighted by Crippen LogP contribution is 2.40. The number of amides is 2. The number of nitrogens with two attached hydrogens (primary N) is 1. The van der Waals surface area contributed by atoms with Crippen LogP contribution >= 0.6 is 11.8 Å². The summed E-state index contributed by atoms with van der Waals surface area (Å²) in [7, 11) is 0. The summed E-state index contributed by atoms with van der Waals surface area (Å²) in [6, 6.07) is 8.74. The highest BCUT2D eigenvalue weighted by molar-refractivity contribution is 8.00. The van der Waals surface area contributed by atoms with E-state index >= 15 is 0 Å². The lowest BCUT2D eigenvalue weighted by Crippen LogP contribution is -2.68. The fourth-order valence-electron chi connectivity index (χ4n) is 3.66. The number of nitrogens with zero attached hydrogens (tertiary/aromatic N) is 2. The molecule has 0 bridgehead atoms. The molecule has 4 N–H and O–H groups in total. The van der Waals surface area contributed by atoms with Crippen molar-refractivity contribution in [3.8, 4) is 0 Å². The van der Waals surface area contributed by atoms with Gasteiger partial charge < -0.3 is 20.8 Å². The number of carbonyl (C=O) groups is 4. The van der Waals surface area contributed by atoms with Crippen molar-refractivity contribution < 1.29 is 42.6 Å². The average molecular weight is 499 g/mol. The molecule has 4 rings (SSSR count). The van der Waals surface area contributed by atoms with E-state index in [1.54, 1.807) is 11.0 Å². The lowest BCUT2D eigenvalue weighted by atomic mass is 9.98. The zero-order valence-electron chi connectivity index (χ0n) is 17.5. The van der Waals surface area contributed by atoms with Gasteiger partial charge in [-0.25, -0.2) is 9.59 Å². The molecule has 34 heavy (non-hydrogen) atoms. The lowest BCUT2D eigenvalue weighted by molar-refractivity contribution is -0.192. The van der Waals surface area contributed by atoms with Crippen LogP contribution in [0.3, 0.4) is 0 Å². The molecule has 0 spiro atoms.